The molecule has 3 amide bonds. The smallest absolute Gasteiger partial charge is 0.317 e. The number of hydrogen-bond acceptors (Lipinski definition) is 5. The minimum Gasteiger partial charge on any atom is -0.466 e. The fraction of sp³-hybridized carbons (Fsp3) is 0.650. The molecule has 154 valence electrons. The zero-order valence-corrected chi connectivity index (χ0v) is 17.2. The standard InChI is InChI=1S/C20H29N3O4S/c1-2-27-19(25)16-7-4-9-22(14-16)18(24)15-6-3-10-23(13-15)20(26)21-12-17-8-5-11-28-17/h5,8,11,15-16H,2-4,6-7,9-10,12-14H2,1H3,(H,21,26). The third-order valence-corrected chi connectivity index (χ3v) is 6.28. The molecule has 3 rings (SSSR count). The molecule has 0 spiro atoms. The lowest BCUT2D eigenvalue weighted by molar-refractivity contribution is -0.152. The van der Waals surface area contributed by atoms with E-state index in [2.05, 4.69) is 5.32 Å². The molecule has 2 saturated heterocycles. The summed E-state index contributed by atoms with van der Waals surface area (Å²) in [7, 11) is 0. The fourth-order valence-electron chi connectivity index (χ4n) is 3.94. The van der Waals surface area contributed by atoms with Crippen molar-refractivity contribution in [3.8, 4) is 0 Å². The van der Waals surface area contributed by atoms with E-state index in [9.17, 15) is 14.4 Å². The van der Waals surface area contributed by atoms with Gasteiger partial charge in [0.1, 0.15) is 0 Å². The zero-order chi connectivity index (χ0) is 19.9. The van der Waals surface area contributed by atoms with Crippen LogP contribution in [0.1, 0.15) is 37.5 Å². The molecule has 8 heteroatoms. The van der Waals surface area contributed by atoms with Gasteiger partial charge in [0, 0.05) is 31.1 Å². The Labute approximate surface area is 170 Å². The van der Waals surface area contributed by atoms with E-state index in [1.165, 1.54) is 0 Å². The highest BCUT2D eigenvalue weighted by Crippen LogP contribution is 2.24. The predicted octanol–water partition coefficient (Wildman–Crippen LogP) is 2.47. The number of nitrogens with zero attached hydrogens (tertiary/aromatic N) is 2. The summed E-state index contributed by atoms with van der Waals surface area (Å²) in [5.74, 6) is -0.573. The highest BCUT2D eigenvalue weighted by Gasteiger charge is 2.35. The van der Waals surface area contributed by atoms with Crippen molar-refractivity contribution in [2.45, 2.75) is 39.2 Å². The van der Waals surface area contributed by atoms with Crippen molar-refractivity contribution in [2.75, 3.05) is 32.8 Å². The second-order valence-corrected chi connectivity index (χ2v) is 8.43. The van der Waals surface area contributed by atoms with Crippen LogP contribution < -0.4 is 5.32 Å². The highest BCUT2D eigenvalue weighted by atomic mass is 32.1. The maximum Gasteiger partial charge on any atom is 0.317 e. The SMILES string of the molecule is CCOC(=O)C1CCCN(C(=O)C2CCCN(C(=O)NCc3cccs3)C2)C1. The maximum absolute atomic E-state index is 13.0. The monoisotopic (exact) mass is 407 g/mol. The van der Waals surface area contributed by atoms with Gasteiger partial charge in [-0.2, -0.15) is 0 Å². The van der Waals surface area contributed by atoms with Crippen LogP contribution in [0.5, 0.6) is 0 Å². The van der Waals surface area contributed by atoms with Crippen molar-refractivity contribution in [3.05, 3.63) is 22.4 Å². The number of rotatable bonds is 5. The molecule has 7 nitrogen and oxygen atoms in total. The van der Waals surface area contributed by atoms with Crippen LogP contribution in [-0.4, -0.2) is 60.5 Å². The molecule has 1 aromatic heterocycles. The summed E-state index contributed by atoms with van der Waals surface area (Å²) in [6.07, 6.45) is 3.18. The first-order valence-electron chi connectivity index (χ1n) is 10.1. The molecule has 28 heavy (non-hydrogen) atoms. The lowest BCUT2D eigenvalue weighted by atomic mass is 9.93. The van der Waals surface area contributed by atoms with E-state index in [0.29, 0.717) is 39.3 Å². The van der Waals surface area contributed by atoms with E-state index in [0.717, 1.165) is 30.6 Å². The van der Waals surface area contributed by atoms with Crippen LogP contribution in [0.2, 0.25) is 0 Å². The van der Waals surface area contributed by atoms with E-state index >= 15 is 0 Å². The Morgan fingerprint density at radius 2 is 1.86 bits per heavy atom. The van der Waals surface area contributed by atoms with Crippen molar-refractivity contribution < 1.29 is 19.1 Å². The average molecular weight is 408 g/mol. The molecule has 1 N–H and O–H groups in total. The number of piperidine rings is 2. The topological polar surface area (TPSA) is 79.0 Å². The van der Waals surface area contributed by atoms with Gasteiger partial charge in [-0.3, -0.25) is 9.59 Å². The normalized spacial score (nSPS) is 22.6. The van der Waals surface area contributed by atoms with E-state index in [-0.39, 0.29) is 29.7 Å². The third kappa shape index (κ3) is 5.25. The number of esters is 1. The molecule has 2 unspecified atom stereocenters. The van der Waals surface area contributed by atoms with Crippen LogP contribution in [0.3, 0.4) is 0 Å². The third-order valence-electron chi connectivity index (χ3n) is 5.40. The Kier molecular flexibility index (Phi) is 7.30. The van der Waals surface area contributed by atoms with Gasteiger partial charge in [0.25, 0.3) is 0 Å². The Morgan fingerprint density at radius 1 is 1.14 bits per heavy atom. The molecule has 0 bridgehead atoms. The summed E-state index contributed by atoms with van der Waals surface area (Å²) >= 11 is 1.61. The molecule has 3 heterocycles. The number of hydrogen-bond donors (Lipinski definition) is 1. The summed E-state index contributed by atoms with van der Waals surface area (Å²) in [5, 5.41) is 4.93. The van der Waals surface area contributed by atoms with Gasteiger partial charge in [0.15, 0.2) is 0 Å². The van der Waals surface area contributed by atoms with Gasteiger partial charge in [0.2, 0.25) is 5.91 Å². The largest absolute Gasteiger partial charge is 0.466 e. The average Bonchev–Trinajstić information content (AvgIpc) is 3.25. The zero-order valence-electron chi connectivity index (χ0n) is 16.4. The minimum atomic E-state index is -0.230. The van der Waals surface area contributed by atoms with Crippen LogP contribution in [0.15, 0.2) is 17.5 Å². The highest BCUT2D eigenvalue weighted by molar-refractivity contribution is 7.09. The molecule has 1 aromatic rings. The second-order valence-electron chi connectivity index (χ2n) is 7.40. The Hall–Kier alpha value is -2.09. The molecule has 0 aromatic carbocycles. The van der Waals surface area contributed by atoms with E-state index in [4.69, 9.17) is 4.74 Å². The van der Waals surface area contributed by atoms with Crippen LogP contribution in [0.4, 0.5) is 4.79 Å². The first kappa shape index (κ1) is 20.6. The summed E-state index contributed by atoms with van der Waals surface area (Å²) in [5.41, 5.74) is 0. The first-order chi connectivity index (χ1) is 13.6. The summed E-state index contributed by atoms with van der Waals surface area (Å²) < 4.78 is 5.12. The second kappa shape index (κ2) is 9.91. The number of amides is 3. The lowest BCUT2D eigenvalue weighted by Crippen LogP contribution is -2.51. The van der Waals surface area contributed by atoms with Gasteiger partial charge in [-0.1, -0.05) is 6.07 Å². The summed E-state index contributed by atoms with van der Waals surface area (Å²) in [6.45, 7) is 4.89. The number of thiophene rings is 1. The van der Waals surface area contributed by atoms with Gasteiger partial charge in [-0.05, 0) is 44.1 Å². The van der Waals surface area contributed by atoms with Crippen molar-refractivity contribution in [1.29, 1.82) is 0 Å². The van der Waals surface area contributed by atoms with E-state index < -0.39 is 0 Å². The predicted molar refractivity (Wildman–Crippen MR) is 107 cm³/mol. The molecule has 0 saturated carbocycles. The number of likely N-dealkylation sites (tertiary alicyclic amines) is 2. The minimum absolute atomic E-state index is 0.0600. The van der Waals surface area contributed by atoms with Crippen LogP contribution in [-0.2, 0) is 20.9 Å². The van der Waals surface area contributed by atoms with Crippen LogP contribution >= 0.6 is 11.3 Å². The Morgan fingerprint density at radius 3 is 2.57 bits per heavy atom. The molecule has 0 aliphatic carbocycles. The fourth-order valence-corrected chi connectivity index (χ4v) is 4.58. The van der Waals surface area contributed by atoms with Gasteiger partial charge in [-0.25, -0.2) is 4.79 Å². The number of urea groups is 1. The van der Waals surface area contributed by atoms with Gasteiger partial charge >= 0.3 is 12.0 Å². The van der Waals surface area contributed by atoms with Gasteiger partial charge in [0.05, 0.1) is 25.0 Å². The molecular weight excluding hydrogens is 378 g/mol. The molecule has 2 fully saturated rings. The molecule has 0 radical (unpaired) electrons. The number of carbonyl (C=O) groups excluding carboxylic acids is 3. The van der Waals surface area contributed by atoms with E-state index in [1.807, 2.05) is 17.5 Å². The summed E-state index contributed by atoms with van der Waals surface area (Å²) in [4.78, 5) is 42.2. The van der Waals surface area contributed by atoms with Crippen LogP contribution in [0, 0.1) is 11.8 Å². The number of ether oxygens (including phenoxy) is 1. The van der Waals surface area contributed by atoms with Crippen molar-refractivity contribution in [2.24, 2.45) is 11.8 Å². The van der Waals surface area contributed by atoms with E-state index in [1.54, 1.807) is 28.1 Å². The molecule has 2 aliphatic rings. The Balaban J connectivity index is 1.52. The Bertz CT molecular complexity index is 679. The lowest BCUT2D eigenvalue weighted by Gasteiger charge is -2.37. The van der Waals surface area contributed by atoms with Crippen molar-refractivity contribution in [3.63, 3.8) is 0 Å². The number of nitrogens with one attached hydrogen (secondary N) is 1. The first-order valence-corrected chi connectivity index (χ1v) is 11.0. The van der Waals surface area contributed by atoms with Crippen molar-refractivity contribution in [1.82, 2.24) is 15.1 Å². The van der Waals surface area contributed by atoms with Gasteiger partial charge in [-0.15, -0.1) is 11.3 Å². The maximum atomic E-state index is 13.0. The molecule has 2 aliphatic heterocycles. The van der Waals surface area contributed by atoms with Crippen LogP contribution in [0.25, 0.3) is 0 Å². The number of carbonyl (C=O) groups is 3. The quantitative estimate of drug-likeness (QED) is 0.761. The van der Waals surface area contributed by atoms with Crippen molar-refractivity contribution >= 4 is 29.2 Å². The molecule has 2 atom stereocenters. The molecular formula is C20H29N3O4S. The van der Waals surface area contributed by atoms with Gasteiger partial charge < -0.3 is 19.9 Å². The summed E-state index contributed by atoms with van der Waals surface area (Å²) in [6, 6.07) is 3.84.